The van der Waals surface area contributed by atoms with Crippen LogP contribution in [0.5, 0.6) is 5.75 Å². The quantitative estimate of drug-likeness (QED) is 0.844. The smallest absolute Gasteiger partial charge is 0.216 e. The van der Waals surface area contributed by atoms with E-state index in [2.05, 4.69) is 22.1 Å². The second-order valence-electron chi connectivity index (χ2n) is 3.66. The van der Waals surface area contributed by atoms with Crippen LogP contribution in [-0.2, 0) is 0 Å². The van der Waals surface area contributed by atoms with E-state index in [0.29, 0.717) is 21.9 Å². The van der Waals surface area contributed by atoms with Crippen molar-refractivity contribution in [1.82, 2.24) is 15.2 Å². The highest BCUT2D eigenvalue weighted by atomic mass is 35.5. The highest BCUT2D eigenvalue weighted by molar-refractivity contribution is 7.99. The van der Waals surface area contributed by atoms with Crippen molar-refractivity contribution in [2.24, 2.45) is 0 Å². The molecular weight excluding hydrogens is 272 g/mol. The van der Waals surface area contributed by atoms with Crippen LogP contribution in [0.25, 0.3) is 0 Å². The van der Waals surface area contributed by atoms with Gasteiger partial charge < -0.3 is 10.5 Å². The van der Waals surface area contributed by atoms with Crippen molar-refractivity contribution in [2.45, 2.75) is 17.3 Å². The van der Waals surface area contributed by atoms with Gasteiger partial charge in [0, 0.05) is 5.25 Å². The lowest BCUT2D eigenvalue weighted by molar-refractivity contribution is 0.415. The van der Waals surface area contributed by atoms with Crippen LogP contribution in [-0.4, -0.2) is 22.3 Å². The topological polar surface area (TPSA) is 76.8 Å². The predicted octanol–water partition coefficient (Wildman–Crippen LogP) is 2.90. The zero-order valence-corrected chi connectivity index (χ0v) is 11.5. The van der Waals surface area contributed by atoms with Crippen LogP contribution in [0.1, 0.15) is 17.7 Å². The Bertz CT molecular complexity index is 546. The molecule has 1 heterocycles. The Hall–Kier alpha value is -1.40. The van der Waals surface area contributed by atoms with Gasteiger partial charge in [-0.05, 0) is 24.6 Å². The summed E-state index contributed by atoms with van der Waals surface area (Å²) in [7, 11) is 1.59. The average Bonchev–Trinajstić information content (AvgIpc) is 2.74. The van der Waals surface area contributed by atoms with Crippen LogP contribution >= 0.6 is 23.4 Å². The summed E-state index contributed by atoms with van der Waals surface area (Å²) in [4.78, 5) is 4.05. The van der Waals surface area contributed by atoms with Crippen molar-refractivity contribution in [3.63, 3.8) is 0 Å². The number of nitrogens with two attached hydrogens (primary N) is 1. The molecule has 0 aliphatic carbocycles. The first-order valence-corrected chi connectivity index (χ1v) is 6.54. The molecule has 5 nitrogen and oxygen atoms in total. The van der Waals surface area contributed by atoms with E-state index in [1.54, 1.807) is 7.11 Å². The van der Waals surface area contributed by atoms with E-state index in [1.165, 1.54) is 11.8 Å². The van der Waals surface area contributed by atoms with Crippen molar-refractivity contribution in [1.29, 1.82) is 0 Å². The summed E-state index contributed by atoms with van der Waals surface area (Å²) < 4.78 is 5.12. The van der Waals surface area contributed by atoms with Crippen LogP contribution in [0.4, 0.5) is 5.95 Å². The molecule has 0 spiro atoms. The highest BCUT2D eigenvalue weighted by Crippen LogP contribution is 2.36. The molecule has 18 heavy (non-hydrogen) atoms. The fourth-order valence-electron chi connectivity index (χ4n) is 1.47. The molecule has 0 saturated heterocycles. The summed E-state index contributed by atoms with van der Waals surface area (Å²) >= 11 is 7.60. The zero-order chi connectivity index (χ0) is 13.1. The lowest BCUT2D eigenvalue weighted by Crippen LogP contribution is -1.91. The molecule has 3 N–H and O–H groups in total. The van der Waals surface area contributed by atoms with E-state index in [9.17, 15) is 0 Å². The Balaban J connectivity index is 2.13. The number of anilines is 1. The minimum atomic E-state index is 0.170. The first-order chi connectivity index (χ1) is 8.60. The van der Waals surface area contributed by atoms with Gasteiger partial charge in [-0.25, -0.2) is 5.10 Å². The maximum absolute atomic E-state index is 6.09. The Morgan fingerprint density at radius 1 is 1.50 bits per heavy atom. The zero-order valence-electron chi connectivity index (χ0n) is 9.98. The number of hydrogen-bond acceptors (Lipinski definition) is 5. The molecule has 0 aliphatic rings. The molecule has 0 unspecified atom stereocenters. The largest absolute Gasteiger partial charge is 0.495 e. The third-order valence-corrected chi connectivity index (χ3v) is 3.72. The van der Waals surface area contributed by atoms with Crippen molar-refractivity contribution in [2.75, 3.05) is 12.8 Å². The van der Waals surface area contributed by atoms with Gasteiger partial charge in [-0.1, -0.05) is 29.4 Å². The molecule has 7 heteroatoms. The second kappa shape index (κ2) is 5.49. The van der Waals surface area contributed by atoms with E-state index < -0.39 is 0 Å². The van der Waals surface area contributed by atoms with E-state index in [0.717, 1.165) is 5.56 Å². The molecule has 1 aromatic carbocycles. The number of thioether (sulfide) groups is 1. The molecule has 2 aromatic rings. The Morgan fingerprint density at radius 2 is 2.28 bits per heavy atom. The molecule has 0 radical (unpaired) electrons. The van der Waals surface area contributed by atoms with Gasteiger partial charge in [0.15, 0.2) is 0 Å². The molecule has 1 atom stereocenters. The van der Waals surface area contributed by atoms with Gasteiger partial charge in [0.2, 0.25) is 11.1 Å². The van der Waals surface area contributed by atoms with E-state index >= 15 is 0 Å². The molecule has 0 saturated carbocycles. The van der Waals surface area contributed by atoms with Crippen LogP contribution < -0.4 is 10.5 Å². The number of methoxy groups -OCH3 is 1. The maximum atomic E-state index is 6.09. The first kappa shape index (κ1) is 13.0. The molecule has 0 fully saturated rings. The van der Waals surface area contributed by atoms with Gasteiger partial charge in [-0.2, -0.15) is 4.98 Å². The fraction of sp³-hybridized carbons (Fsp3) is 0.273. The summed E-state index contributed by atoms with van der Waals surface area (Å²) in [5, 5.41) is 7.97. The Kier molecular flexibility index (Phi) is 3.98. The van der Waals surface area contributed by atoms with Crippen molar-refractivity contribution in [3.05, 3.63) is 28.8 Å². The summed E-state index contributed by atoms with van der Waals surface area (Å²) in [5.74, 6) is 0.984. The monoisotopic (exact) mass is 284 g/mol. The van der Waals surface area contributed by atoms with Crippen LogP contribution in [0.15, 0.2) is 23.4 Å². The third kappa shape index (κ3) is 2.88. The van der Waals surface area contributed by atoms with Gasteiger partial charge in [0.05, 0.1) is 12.1 Å². The summed E-state index contributed by atoms with van der Waals surface area (Å²) in [6.45, 7) is 2.05. The average molecular weight is 285 g/mol. The Labute approximate surface area is 114 Å². The van der Waals surface area contributed by atoms with Crippen LogP contribution in [0.2, 0.25) is 5.02 Å². The summed E-state index contributed by atoms with van der Waals surface area (Å²) in [6.07, 6.45) is 0. The van der Waals surface area contributed by atoms with Gasteiger partial charge in [0.25, 0.3) is 0 Å². The molecule has 1 aromatic heterocycles. The summed E-state index contributed by atoms with van der Waals surface area (Å²) in [6, 6.07) is 5.70. The second-order valence-corrected chi connectivity index (χ2v) is 5.37. The number of ether oxygens (including phenoxy) is 1. The first-order valence-electron chi connectivity index (χ1n) is 5.28. The molecule has 0 aliphatic heterocycles. The van der Waals surface area contributed by atoms with Crippen molar-refractivity contribution < 1.29 is 4.74 Å². The number of nitrogens with one attached hydrogen (secondary N) is 1. The number of rotatable bonds is 4. The van der Waals surface area contributed by atoms with E-state index in [1.807, 2.05) is 18.2 Å². The van der Waals surface area contributed by atoms with Gasteiger partial charge in [-0.15, -0.1) is 5.10 Å². The minimum absolute atomic E-state index is 0.170. The van der Waals surface area contributed by atoms with Gasteiger partial charge >= 0.3 is 0 Å². The number of aromatic nitrogens is 3. The maximum Gasteiger partial charge on any atom is 0.216 e. The summed E-state index contributed by atoms with van der Waals surface area (Å²) in [5.41, 5.74) is 6.55. The number of aromatic amines is 1. The molecular formula is C11H13ClN4OS. The number of nitrogens with zero attached hydrogens (tertiary/aromatic N) is 2. The Morgan fingerprint density at radius 3 is 2.83 bits per heavy atom. The van der Waals surface area contributed by atoms with Crippen LogP contribution in [0.3, 0.4) is 0 Å². The van der Waals surface area contributed by atoms with E-state index in [4.69, 9.17) is 22.1 Å². The van der Waals surface area contributed by atoms with E-state index in [-0.39, 0.29) is 5.25 Å². The lowest BCUT2D eigenvalue weighted by atomic mass is 10.1. The van der Waals surface area contributed by atoms with Crippen molar-refractivity contribution in [3.8, 4) is 5.75 Å². The fourth-order valence-corrected chi connectivity index (χ4v) is 2.59. The number of halogens is 1. The number of benzene rings is 1. The molecule has 0 bridgehead atoms. The SMILES string of the molecule is COc1ccc([C@H](C)Sc2n[nH]c(N)n2)cc1Cl. The lowest BCUT2D eigenvalue weighted by Gasteiger charge is -2.11. The predicted molar refractivity (Wildman–Crippen MR) is 73.1 cm³/mol. The van der Waals surface area contributed by atoms with Gasteiger partial charge in [-0.3, -0.25) is 0 Å². The standard InChI is InChI=1S/C11H13ClN4OS/c1-6(18-11-14-10(13)15-16-11)7-3-4-9(17-2)8(12)5-7/h3-6H,1-2H3,(H3,13,14,15,16)/t6-/m0/s1. The molecule has 96 valence electrons. The highest BCUT2D eigenvalue weighted by Gasteiger charge is 2.12. The molecule has 0 amide bonds. The third-order valence-electron chi connectivity index (χ3n) is 2.41. The van der Waals surface area contributed by atoms with Gasteiger partial charge in [0.1, 0.15) is 5.75 Å². The van der Waals surface area contributed by atoms with Crippen molar-refractivity contribution >= 4 is 29.3 Å². The minimum Gasteiger partial charge on any atom is -0.495 e. The van der Waals surface area contributed by atoms with Crippen LogP contribution in [0, 0.1) is 0 Å². The molecule has 2 rings (SSSR count). The number of H-pyrrole nitrogens is 1. The number of hydrogen-bond donors (Lipinski definition) is 2. The number of nitrogen functional groups attached to an aromatic ring is 1. The normalized spacial score (nSPS) is 12.4.